The Morgan fingerprint density at radius 2 is 1.93 bits per heavy atom. The van der Waals surface area contributed by atoms with Gasteiger partial charge in [0.25, 0.3) is 0 Å². The fourth-order valence-electron chi connectivity index (χ4n) is 1.30. The molecule has 0 radical (unpaired) electrons. The molecule has 0 aromatic heterocycles. The Bertz CT molecular complexity index is 190. The first kappa shape index (κ1) is 14.0. The predicted molar refractivity (Wildman–Crippen MR) is 62.5 cm³/mol. The molecule has 0 aliphatic heterocycles. The molecule has 3 nitrogen and oxygen atoms in total. The molecule has 0 fully saturated rings. The van der Waals surface area contributed by atoms with Gasteiger partial charge in [-0.25, -0.2) is 0 Å². The molecule has 0 spiro atoms. The fourth-order valence-corrected chi connectivity index (χ4v) is 1.30. The van der Waals surface area contributed by atoms with Gasteiger partial charge in [0.05, 0.1) is 7.11 Å². The molecule has 0 saturated carbocycles. The van der Waals surface area contributed by atoms with Crippen molar-refractivity contribution >= 4 is 5.97 Å². The minimum absolute atomic E-state index is 0.226. The number of rotatable bonds is 9. The number of carbonyl (C=O) groups excluding carboxylic acids is 1. The summed E-state index contributed by atoms with van der Waals surface area (Å²) in [6, 6.07) is 0. The molecule has 0 aliphatic carbocycles. The number of nitrogens with one attached hydrogen (secondary N) is 1. The van der Waals surface area contributed by atoms with E-state index >= 15 is 0 Å². The highest BCUT2D eigenvalue weighted by atomic mass is 16.5. The van der Waals surface area contributed by atoms with Gasteiger partial charge in [-0.3, -0.25) is 4.79 Å². The lowest BCUT2D eigenvalue weighted by Gasteiger charge is -2.07. The average Bonchev–Trinajstić information content (AvgIpc) is 2.25. The monoisotopic (exact) mass is 213 g/mol. The van der Waals surface area contributed by atoms with Gasteiger partial charge in [-0.1, -0.05) is 39.2 Å². The first-order valence-electron chi connectivity index (χ1n) is 5.69. The largest absolute Gasteiger partial charge is 0.468 e. The Hall–Kier alpha value is -0.990. The highest BCUT2D eigenvalue weighted by Crippen LogP contribution is 2.07. The van der Waals surface area contributed by atoms with Crippen molar-refractivity contribution in [3.63, 3.8) is 0 Å². The molecule has 0 aromatic rings. The standard InChI is InChI=1S/C12H23NO2/c1-4-5-6-7-8-9-11(2)13-10-12(14)15-3/h13H,2,4-10H2,1,3H3. The Labute approximate surface area is 92.9 Å². The maximum absolute atomic E-state index is 10.8. The second-order valence-electron chi connectivity index (χ2n) is 3.70. The molecule has 0 rings (SSSR count). The number of unbranched alkanes of at least 4 members (excludes halogenated alkanes) is 4. The highest BCUT2D eigenvalue weighted by Gasteiger charge is 2.00. The Balaban J connectivity index is 3.30. The molecule has 0 aromatic carbocycles. The molecule has 0 heterocycles. The number of allylic oxidation sites excluding steroid dienone is 1. The summed E-state index contributed by atoms with van der Waals surface area (Å²) >= 11 is 0. The second kappa shape index (κ2) is 9.56. The Morgan fingerprint density at radius 3 is 2.53 bits per heavy atom. The van der Waals surface area contributed by atoms with E-state index in [9.17, 15) is 4.79 Å². The van der Waals surface area contributed by atoms with Crippen molar-refractivity contribution in [3.8, 4) is 0 Å². The van der Waals surface area contributed by atoms with Crippen LogP contribution in [0.15, 0.2) is 12.3 Å². The van der Waals surface area contributed by atoms with E-state index in [1.165, 1.54) is 32.8 Å². The lowest BCUT2D eigenvalue weighted by Crippen LogP contribution is -2.22. The summed E-state index contributed by atoms with van der Waals surface area (Å²) in [6.45, 7) is 6.29. The molecule has 0 saturated heterocycles. The summed E-state index contributed by atoms with van der Waals surface area (Å²) in [5, 5.41) is 2.96. The summed E-state index contributed by atoms with van der Waals surface area (Å²) in [6.07, 6.45) is 7.20. The van der Waals surface area contributed by atoms with Gasteiger partial charge in [0.2, 0.25) is 0 Å². The van der Waals surface area contributed by atoms with Crippen LogP contribution in [0.4, 0.5) is 0 Å². The van der Waals surface area contributed by atoms with Crippen molar-refractivity contribution in [2.45, 2.75) is 45.4 Å². The van der Waals surface area contributed by atoms with Crippen LogP contribution in [0, 0.1) is 0 Å². The van der Waals surface area contributed by atoms with Crippen LogP contribution < -0.4 is 5.32 Å². The van der Waals surface area contributed by atoms with Gasteiger partial charge < -0.3 is 10.1 Å². The van der Waals surface area contributed by atoms with Crippen molar-refractivity contribution < 1.29 is 9.53 Å². The summed E-state index contributed by atoms with van der Waals surface area (Å²) < 4.78 is 4.52. The number of hydrogen-bond acceptors (Lipinski definition) is 3. The molecule has 0 unspecified atom stereocenters. The third-order valence-electron chi connectivity index (χ3n) is 2.29. The zero-order chi connectivity index (χ0) is 11.5. The van der Waals surface area contributed by atoms with Crippen LogP contribution in [0.2, 0.25) is 0 Å². The molecule has 0 aliphatic rings. The Morgan fingerprint density at radius 1 is 1.27 bits per heavy atom. The third-order valence-corrected chi connectivity index (χ3v) is 2.29. The van der Waals surface area contributed by atoms with E-state index in [0.717, 1.165) is 18.5 Å². The van der Waals surface area contributed by atoms with Gasteiger partial charge >= 0.3 is 5.97 Å². The quantitative estimate of drug-likeness (QED) is 0.472. The van der Waals surface area contributed by atoms with Crippen molar-refractivity contribution in [1.82, 2.24) is 5.32 Å². The first-order valence-corrected chi connectivity index (χ1v) is 5.69. The van der Waals surface area contributed by atoms with Crippen LogP contribution in [0.3, 0.4) is 0 Å². The van der Waals surface area contributed by atoms with E-state index in [2.05, 4.69) is 23.6 Å². The van der Waals surface area contributed by atoms with Crippen LogP contribution in [0.1, 0.15) is 45.4 Å². The van der Waals surface area contributed by atoms with E-state index in [-0.39, 0.29) is 12.5 Å². The van der Waals surface area contributed by atoms with Gasteiger partial charge in [-0.2, -0.15) is 0 Å². The third kappa shape index (κ3) is 9.32. The molecular weight excluding hydrogens is 190 g/mol. The molecule has 1 N–H and O–H groups in total. The number of carbonyl (C=O) groups is 1. The molecule has 88 valence electrons. The molecule has 0 atom stereocenters. The molecular formula is C12H23NO2. The minimum atomic E-state index is -0.248. The van der Waals surface area contributed by atoms with Gasteiger partial charge in [0.1, 0.15) is 6.54 Å². The fraction of sp³-hybridized carbons (Fsp3) is 0.750. The van der Waals surface area contributed by atoms with Crippen LogP contribution in [0.5, 0.6) is 0 Å². The van der Waals surface area contributed by atoms with E-state index < -0.39 is 0 Å². The van der Waals surface area contributed by atoms with Crippen molar-refractivity contribution in [3.05, 3.63) is 12.3 Å². The summed E-state index contributed by atoms with van der Waals surface area (Å²) in [4.78, 5) is 10.8. The van der Waals surface area contributed by atoms with Gasteiger partial charge in [-0.05, 0) is 12.8 Å². The van der Waals surface area contributed by atoms with Gasteiger partial charge in [0.15, 0.2) is 0 Å². The first-order chi connectivity index (χ1) is 7.20. The number of hydrogen-bond donors (Lipinski definition) is 1. The lowest BCUT2D eigenvalue weighted by molar-refractivity contribution is -0.139. The van der Waals surface area contributed by atoms with E-state index in [4.69, 9.17) is 0 Å². The van der Waals surface area contributed by atoms with Crippen LogP contribution >= 0.6 is 0 Å². The zero-order valence-corrected chi connectivity index (χ0v) is 9.97. The zero-order valence-electron chi connectivity index (χ0n) is 9.97. The molecule has 0 amide bonds. The number of ether oxygens (including phenoxy) is 1. The van der Waals surface area contributed by atoms with E-state index in [1.807, 2.05) is 0 Å². The highest BCUT2D eigenvalue weighted by molar-refractivity contribution is 5.71. The maximum Gasteiger partial charge on any atom is 0.325 e. The van der Waals surface area contributed by atoms with Gasteiger partial charge in [0, 0.05) is 5.70 Å². The second-order valence-corrected chi connectivity index (χ2v) is 3.70. The SMILES string of the molecule is C=C(CCCCCCC)NCC(=O)OC. The van der Waals surface area contributed by atoms with Crippen molar-refractivity contribution in [2.24, 2.45) is 0 Å². The Kier molecular flexibility index (Phi) is 8.93. The molecule has 3 heteroatoms. The molecule has 15 heavy (non-hydrogen) atoms. The average molecular weight is 213 g/mol. The van der Waals surface area contributed by atoms with Crippen LogP contribution in [0.25, 0.3) is 0 Å². The topological polar surface area (TPSA) is 38.3 Å². The van der Waals surface area contributed by atoms with Gasteiger partial charge in [-0.15, -0.1) is 0 Å². The van der Waals surface area contributed by atoms with Crippen LogP contribution in [-0.2, 0) is 9.53 Å². The van der Waals surface area contributed by atoms with Crippen LogP contribution in [-0.4, -0.2) is 19.6 Å². The summed E-state index contributed by atoms with van der Waals surface area (Å²) in [5.41, 5.74) is 0.928. The smallest absolute Gasteiger partial charge is 0.325 e. The maximum atomic E-state index is 10.8. The summed E-state index contributed by atoms with van der Waals surface area (Å²) in [5.74, 6) is -0.248. The summed E-state index contributed by atoms with van der Waals surface area (Å²) in [7, 11) is 1.39. The normalized spacial score (nSPS) is 9.73. The van der Waals surface area contributed by atoms with E-state index in [0.29, 0.717) is 0 Å². The minimum Gasteiger partial charge on any atom is -0.468 e. The number of methoxy groups -OCH3 is 1. The lowest BCUT2D eigenvalue weighted by atomic mass is 10.1. The predicted octanol–water partition coefficient (Wildman–Crippen LogP) is 2.62. The van der Waals surface area contributed by atoms with Crippen molar-refractivity contribution in [1.29, 1.82) is 0 Å². The molecule has 0 bridgehead atoms. The number of esters is 1. The van der Waals surface area contributed by atoms with E-state index in [1.54, 1.807) is 0 Å². The van der Waals surface area contributed by atoms with Crippen molar-refractivity contribution in [2.75, 3.05) is 13.7 Å².